The summed E-state index contributed by atoms with van der Waals surface area (Å²) in [7, 11) is 0. The van der Waals surface area contributed by atoms with Crippen LogP contribution in [0.25, 0.3) is 11.1 Å². The fourth-order valence-corrected chi connectivity index (χ4v) is 3.00. The monoisotopic (exact) mass is 262 g/mol. The minimum absolute atomic E-state index is 0.0220. The number of ether oxygens (including phenoxy) is 1. The van der Waals surface area contributed by atoms with Gasteiger partial charge in [-0.3, -0.25) is 4.98 Å². The van der Waals surface area contributed by atoms with Crippen molar-refractivity contribution < 1.29 is 9.15 Å². The normalized spacial score (nSPS) is 19.3. The van der Waals surface area contributed by atoms with Crippen LogP contribution in [-0.4, -0.2) is 24.7 Å². The van der Waals surface area contributed by atoms with Gasteiger partial charge in [0.15, 0.2) is 5.58 Å². The highest BCUT2D eigenvalue weighted by Gasteiger charge is 2.45. The molecule has 1 saturated heterocycles. The predicted molar refractivity (Wildman–Crippen MR) is 72.2 cm³/mol. The number of rotatable bonds is 4. The average Bonchev–Trinajstić information content (AvgIpc) is 2.72. The van der Waals surface area contributed by atoms with E-state index in [1.807, 2.05) is 18.2 Å². The van der Waals surface area contributed by atoms with Crippen LogP contribution < -0.4 is 11.5 Å². The SMILES string of the molecule is CCC(CN)C1(c2ccc3oc(=O)[nH]c3c2)COC1. The molecule has 1 aromatic carbocycles. The molecule has 1 atom stereocenters. The van der Waals surface area contributed by atoms with Gasteiger partial charge in [-0.15, -0.1) is 0 Å². The number of benzene rings is 1. The van der Waals surface area contributed by atoms with Crippen molar-refractivity contribution in [3.05, 3.63) is 34.3 Å². The van der Waals surface area contributed by atoms with E-state index in [0.29, 0.717) is 31.3 Å². The zero-order valence-electron chi connectivity index (χ0n) is 10.9. The molecule has 0 amide bonds. The molecular formula is C14H18N2O3. The molecular weight excluding hydrogens is 244 g/mol. The van der Waals surface area contributed by atoms with Crippen molar-refractivity contribution in [3.63, 3.8) is 0 Å². The highest BCUT2D eigenvalue weighted by molar-refractivity contribution is 5.73. The van der Waals surface area contributed by atoms with Crippen molar-refractivity contribution in [2.45, 2.75) is 18.8 Å². The summed E-state index contributed by atoms with van der Waals surface area (Å²) < 4.78 is 10.5. The van der Waals surface area contributed by atoms with Crippen molar-refractivity contribution in [3.8, 4) is 0 Å². The smallest absolute Gasteiger partial charge is 0.408 e. The van der Waals surface area contributed by atoms with Gasteiger partial charge in [-0.1, -0.05) is 19.4 Å². The van der Waals surface area contributed by atoms with Crippen molar-refractivity contribution in [2.24, 2.45) is 11.7 Å². The summed E-state index contributed by atoms with van der Waals surface area (Å²) in [5, 5.41) is 0. The lowest BCUT2D eigenvalue weighted by Gasteiger charge is -2.47. The van der Waals surface area contributed by atoms with Crippen molar-refractivity contribution in [1.29, 1.82) is 0 Å². The van der Waals surface area contributed by atoms with Gasteiger partial charge < -0.3 is 14.9 Å². The maximum Gasteiger partial charge on any atom is 0.417 e. The van der Waals surface area contributed by atoms with Crippen LogP contribution in [0, 0.1) is 5.92 Å². The fraction of sp³-hybridized carbons (Fsp3) is 0.500. The second-order valence-corrected chi connectivity index (χ2v) is 5.22. The van der Waals surface area contributed by atoms with Crippen LogP contribution in [-0.2, 0) is 10.2 Å². The largest absolute Gasteiger partial charge is 0.417 e. The molecule has 1 aromatic heterocycles. The van der Waals surface area contributed by atoms with Gasteiger partial charge in [0.2, 0.25) is 0 Å². The number of hydrogen-bond donors (Lipinski definition) is 2. The van der Waals surface area contributed by atoms with Gasteiger partial charge in [0.25, 0.3) is 0 Å². The van der Waals surface area contributed by atoms with Crippen molar-refractivity contribution in [1.82, 2.24) is 4.98 Å². The highest BCUT2D eigenvalue weighted by Crippen LogP contribution is 2.41. The number of aromatic amines is 1. The van der Waals surface area contributed by atoms with Crippen LogP contribution in [0.3, 0.4) is 0 Å². The molecule has 102 valence electrons. The lowest BCUT2D eigenvalue weighted by molar-refractivity contribution is -0.0897. The van der Waals surface area contributed by atoms with Crippen LogP contribution in [0.15, 0.2) is 27.4 Å². The summed E-state index contributed by atoms with van der Waals surface area (Å²) in [5.74, 6) is -0.0331. The standard InChI is InChI=1S/C14H18N2O3/c1-2-9(6-15)14(7-18-8-14)10-3-4-12-11(5-10)16-13(17)19-12/h3-5,9H,2,6-8,15H2,1H3,(H,16,17). The van der Waals surface area contributed by atoms with Crippen LogP contribution in [0.4, 0.5) is 0 Å². The van der Waals surface area contributed by atoms with Crippen LogP contribution >= 0.6 is 0 Å². The quantitative estimate of drug-likeness (QED) is 0.872. The van der Waals surface area contributed by atoms with E-state index in [4.69, 9.17) is 14.9 Å². The van der Waals surface area contributed by atoms with E-state index < -0.39 is 5.76 Å². The zero-order valence-corrected chi connectivity index (χ0v) is 10.9. The summed E-state index contributed by atoms with van der Waals surface area (Å²) in [4.78, 5) is 13.9. The Hall–Kier alpha value is -1.59. The second kappa shape index (κ2) is 4.51. The van der Waals surface area contributed by atoms with Gasteiger partial charge in [0.05, 0.1) is 18.7 Å². The van der Waals surface area contributed by atoms with E-state index >= 15 is 0 Å². The topological polar surface area (TPSA) is 81.2 Å². The third-order valence-corrected chi connectivity index (χ3v) is 4.27. The molecule has 3 N–H and O–H groups in total. The zero-order chi connectivity index (χ0) is 13.5. The Morgan fingerprint density at radius 3 is 2.84 bits per heavy atom. The van der Waals surface area contributed by atoms with Gasteiger partial charge in [-0.25, -0.2) is 4.79 Å². The number of nitrogens with one attached hydrogen (secondary N) is 1. The molecule has 1 aliphatic rings. The molecule has 5 nitrogen and oxygen atoms in total. The van der Waals surface area contributed by atoms with E-state index in [1.165, 1.54) is 5.56 Å². The maximum absolute atomic E-state index is 11.2. The molecule has 1 unspecified atom stereocenters. The molecule has 0 saturated carbocycles. The lowest BCUT2D eigenvalue weighted by Crippen LogP contribution is -2.54. The first-order valence-corrected chi connectivity index (χ1v) is 6.61. The molecule has 0 spiro atoms. The average molecular weight is 262 g/mol. The van der Waals surface area contributed by atoms with E-state index in [9.17, 15) is 4.79 Å². The summed E-state index contributed by atoms with van der Waals surface area (Å²) in [6.07, 6.45) is 1.01. The molecule has 5 heteroatoms. The van der Waals surface area contributed by atoms with Gasteiger partial charge in [-0.05, 0) is 30.2 Å². The minimum Gasteiger partial charge on any atom is -0.408 e. The van der Waals surface area contributed by atoms with Crippen molar-refractivity contribution >= 4 is 11.1 Å². The predicted octanol–water partition coefficient (Wildman–Crippen LogP) is 1.37. The van der Waals surface area contributed by atoms with Gasteiger partial charge in [0.1, 0.15) is 0 Å². The molecule has 1 fully saturated rings. The Bertz CT molecular complexity index is 635. The van der Waals surface area contributed by atoms with Gasteiger partial charge in [-0.2, -0.15) is 0 Å². The molecule has 19 heavy (non-hydrogen) atoms. The number of H-pyrrole nitrogens is 1. The summed E-state index contributed by atoms with van der Waals surface area (Å²) in [5.41, 5.74) is 8.37. The Labute approximate surface area is 110 Å². The van der Waals surface area contributed by atoms with Gasteiger partial charge >= 0.3 is 5.76 Å². The van der Waals surface area contributed by atoms with Crippen LogP contribution in [0.5, 0.6) is 0 Å². The highest BCUT2D eigenvalue weighted by atomic mass is 16.5. The number of nitrogens with two attached hydrogens (primary N) is 1. The van der Waals surface area contributed by atoms with Crippen molar-refractivity contribution in [2.75, 3.05) is 19.8 Å². The first-order valence-electron chi connectivity index (χ1n) is 6.61. The molecule has 0 bridgehead atoms. The summed E-state index contributed by atoms with van der Waals surface area (Å²) in [6.45, 7) is 4.17. The molecule has 1 aliphatic heterocycles. The summed E-state index contributed by atoms with van der Waals surface area (Å²) in [6, 6.07) is 5.84. The first-order chi connectivity index (χ1) is 9.19. The van der Waals surface area contributed by atoms with E-state index in [-0.39, 0.29) is 5.41 Å². The third kappa shape index (κ3) is 1.81. The van der Waals surface area contributed by atoms with E-state index in [1.54, 1.807) is 0 Å². The molecule has 2 aromatic rings. The Kier molecular flexibility index (Phi) is 2.95. The maximum atomic E-state index is 11.2. The fourth-order valence-electron chi connectivity index (χ4n) is 3.00. The van der Waals surface area contributed by atoms with E-state index in [0.717, 1.165) is 11.9 Å². The van der Waals surface area contributed by atoms with Gasteiger partial charge in [0, 0.05) is 5.41 Å². The Morgan fingerprint density at radius 2 is 2.26 bits per heavy atom. The number of hydrogen-bond acceptors (Lipinski definition) is 4. The first kappa shape index (κ1) is 12.4. The van der Waals surface area contributed by atoms with Crippen LogP contribution in [0.2, 0.25) is 0 Å². The molecule has 0 aliphatic carbocycles. The molecule has 2 heterocycles. The van der Waals surface area contributed by atoms with E-state index in [2.05, 4.69) is 11.9 Å². The lowest BCUT2D eigenvalue weighted by atomic mass is 9.67. The summed E-state index contributed by atoms with van der Waals surface area (Å²) >= 11 is 0. The number of oxazole rings is 1. The third-order valence-electron chi connectivity index (χ3n) is 4.27. The Balaban J connectivity index is 2.08. The van der Waals surface area contributed by atoms with Crippen LogP contribution in [0.1, 0.15) is 18.9 Å². The molecule has 0 radical (unpaired) electrons. The minimum atomic E-state index is -0.420. The Morgan fingerprint density at radius 1 is 1.47 bits per heavy atom. The number of aromatic nitrogens is 1. The molecule has 3 rings (SSSR count). The number of fused-ring (bicyclic) bond motifs is 1. The second-order valence-electron chi connectivity index (χ2n) is 5.22.